The lowest BCUT2D eigenvalue weighted by Crippen LogP contribution is -2.22. The van der Waals surface area contributed by atoms with Crippen LogP contribution in [-0.4, -0.2) is 22.2 Å². The number of benzene rings is 1. The molecule has 2 heterocycles. The highest BCUT2D eigenvalue weighted by Gasteiger charge is 2.30. The van der Waals surface area contributed by atoms with E-state index in [1.807, 2.05) is 31.2 Å². The number of carbonyl (C=O) groups is 1. The Morgan fingerprint density at radius 2 is 2.08 bits per heavy atom. The van der Waals surface area contributed by atoms with E-state index < -0.39 is 18.5 Å². The van der Waals surface area contributed by atoms with Gasteiger partial charge in [0.1, 0.15) is 0 Å². The zero-order valence-electron chi connectivity index (χ0n) is 12.7. The van der Waals surface area contributed by atoms with E-state index in [9.17, 15) is 18.0 Å². The third kappa shape index (κ3) is 3.76. The van der Waals surface area contributed by atoms with Crippen molar-refractivity contribution in [1.29, 1.82) is 0 Å². The number of hydrogen-bond acceptors (Lipinski definition) is 3. The van der Waals surface area contributed by atoms with Crippen LogP contribution in [0.5, 0.6) is 0 Å². The number of nitrogens with one attached hydrogen (secondary N) is 2. The van der Waals surface area contributed by atoms with Crippen molar-refractivity contribution in [3.8, 4) is 0 Å². The Morgan fingerprint density at radius 1 is 1.29 bits per heavy atom. The maximum Gasteiger partial charge on any atom is 0.394 e. The van der Waals surface area contributed by atoms with Gasteiger partial charge in [0.15, 0.2) is 0 Å². The molecule has 0 atom stereocenters. The number of rotatable bonds is 4. The Morgan fingerprint density at radius 3 is 2.83 bits per heavy atom. The zero-order valence-corrected chi connectivity index (χ0v) is 12.7. The van der Waals surface area contributed by atoms with E-state index in [1.54, 1.807) is 0 Å². The summed E-state index contributed by atoms with van der Waals surface area (Å²) in [6.45, 7) is 2.18. The van der Waals surface area contributed by atoms with Crippen LogP contribution in [0, 0.1) is 6.92 Å². The molecule has 0 spiro atoms. The molecular weight excluding hydrogens is 323 g/mol. The van der Waals surface area contributed by atoms with Crippen molar-refractivity contribution in [2.75, 3.05) is 0 Å². The van der Waals surface area contributed by atoms with Crippen molar-refractivity contribution in [1.82, 2.24) is 15.5 Å². The second kappa shape index (κ2) is 6.03. The number of aromatic nitrogens is 2. The summed E-state index contributed by atoms with van der Waals surface area (Å²) >= 11 is 0. The van der Waals surface area contributed by atoms with Crippen LogP contribution in [0.2, 0.25) is 0 Å². The molecule has 8 heteroatoms. The Kier molecular flexibility index (Phi) is 4.04. The number of alkyl halides is 3. The summed E-state index contributed by atoms with van der Waals surface area (Å²) in [7, 11) is 0. The minimum absolute atomic E-state index is 0.230. The number of aromatic amines is 1. The van der Waals surface area contributed by atoms with Gasteiger partial charge in [-0.05, 0) is 36.1 Å². The Balaban J connectivity index is 1.64. The molecule has 0 bridgehead atoms. The van der Waals surface area contributed by atoms with Crippen LogP contribution in [0.3, 0.4) is 0 Å². The van der Waals surface area contributed by atoms with Crippen molar-refractivity contribution < 1.29 is 22.5 Å². The standard InChI is InChI=1S/C16H14F3N3O2/c1-9-4-11-5-10(2-3-13(11)21-9)8-20-15(23)14-6-12(22-24-14)7-16(17,18)19/h2-6,21H,7-8H2,1H3,(H,20,23). The van der Waals surface area contributed by atoms with Gasteiger partial charge in [-0.25, -0.2) is 0 Å². The van der Waals surface area contributed by atoms with Gasteiger partial charge < -0.3 is 14.8 Å². The predicted molar refractivity (Wildman–Crippen MR) is 80.5 cm³/mol. The van der Waals surface area contributed by atoms with Crippen LogP contribution < -0.4 is 5.32 Å². The van der Waals surface area contributed by atoms with E-state index in [0.717, 1.165) is 28.2 Å². The van der Waals surface area contributed by atoms with Gasteiger partial charge in [0.25, 0.3) is 5.91 Å². The number of carbonyl (C=O) groups excluding carboxylic acids is 1. The lowest BCUT2D eigenvalue weighted by Gasteiger charge is -2.03. The van der Waals surface area contributed by atoms with Crippen LogP contribution in [0.25, 0.3) is 10.9 Å². The normalized spacial score (nSPS) is 11.8. The molecular formula is C16H14F3N3O2. The van der Waals surface area contributed by atoms with Crippen LogP contribution in [-0.2, 0) is 13.0 Å². The van der Waals surface area contributed by atoms with Gasteiger partial charge in [-0.2, -0.15) is 13.2 Å². The fourth-order valence-electron chi connectivity index (χ4n) is 2.41. The number of halogens is 3. The summed E-state index contributed by atoms with van der Waals surface area (Å²) in [6, 6.07) is 8.67. The van der Waals surface area contributed by atoms with Gasteiger partial charge in [-0.1, -0.05) is 11.2 Å². The molecule has 3 aromatic rings. The first kappa shape index (κ1) is 16.1. The second-order valence-corrected chi connectivity index (χ2v) is 5.53. The smallest absolute Gasteiger partial charge is 0.359 e. The van der Waals surface area contributed by atoms with E-state index in [4.69, 9.17) is 0 Å². The van der Waals surface area contributed by atoms with Crippen molar-refractivity contribution >= 4 is 16.8 Å². The molecule has 3 rings (SSSR count). The number of amides is 1. The Labute approximate surface area is 134 Å². The predicted octanol–water partition coefficient (Wildman–Crippen LogP) is 3.50. The summed E-state index contributed by atoms with van der Waals surface area (Å²) < 4.78 is 41.5. The topological polar surface area (TPSA) is 70.9 Å². The third-order valence-electron chi connectivity index (χ3n) is 3.44. The maximum atomic E-state index is 12.3. The molecule has 24 heavy (non-hydrogen) atoms. The second-order valence-electron chi connectivity index (χ2n) is 5.53. The van der Waals surface area contributed by atoms with Crippen LogP contribution >= 0.6 is 0 Å². The highest BCUT2D eigenvalue weighted by Crippen LogP contribution is 2.21. The highest BCUT2D eigenvalue weighted by atomic mass is 19.4. The summed E-state index contributed by atoms with van der Waals surface area (Å²) in [4.78, 5) is 15.1. The minimum atomic E-state index is -4.39. The third-order valence-corrected chi connectivity index (χ3v) is 3.44. The molecule has 0 saturated carbocycles. The summed E-state index contributed by atoms with van der Waals surface area (Å²) in [5, 5.41) is 6.88. The van der Waals surface area contributed by atoms with Gasteiger partial charge in [0.2, 0.25) is 5.76 Å². The lowest BCUT2D eigenvalue weighted by atomic mass is 10.1. The van der Waals surface area contributed by atoms with Gasteiger partial charge in [-0.3, -0.25) is 4.79 Å². The molecule has 0 radical (unpaired) electrons. The molecule has 0 aliphatic carbocycles. The molecule has 126 valence electrons. The number of fused-ring (bicyclic) bond motifs is 1. The fourth-order valence-corrected chi connectivity index (χ4v) is 2.41. The number of aryl methyl sites for hydroxylation is 1. The van der Waals surface area contributed by atoms with E-state index in [2.05, 4.69) is 20.0 Å². The maximum absolute atomic E-state index is 12.3. The first-order valence-corrected chi connectivity index (χ1v) is 7.19. The van der Waals surface area contributed by atoms with E-state index in [-0.39, 0.29) is 18.0 Å². The summed E-state index contributed by atoms with van der Waals surface area (Å²) in [5.74, 6) is -0.853. The average molecular weight is 337 g/mol. The van der Waals surface area contributed by atoms with Crippen molar-refractivity contribution in [3.63, 3.8) is 0 Å². The summed E-state index contributed by atoms with van der Waals surface area (Å²) in [5.41, 5.74) is 2.57. The summed E-state index contributed by atoms with van der Waals surface area (Å²) in [6.07, 6.45) is -5.62. The molecule has 0 aliphatic heterocycles. The fraction of sp³-hybridized carbons (Fsp3) is 0.250. The molecule has 2 N–H and O–H groups in total. The molecule has 5 nitrogen and oxygen atoms in total. The average Bonchev–Trinajstić information content (AvgIpc) is 3.07. The lowest BCUT2D eigenvalue weighted by molar-refractivity contribution is -0.128. The highest BCUT2D eigenvalue weighted by molar-refractivity contribution is 5.91. The first-order valence-electron chi connectivity index (χ1n) is 7.19. The molecule has 1 aromatic carbocycles. The van der Waals surface area contributed by atoms with Crippen molar-refractivity contribution in [2.24, 2.45) is 0 Å². The van der Waals surface area contributed by atoms with E-state index in [1.165, 1.54) is 0 Å². The first-order chi connectivity index (χ1) is 11.3. The number of H-pyrrole nitrogens is 1. The molecule has 0 aliphatic rings. The Bertz CT molecular complexity index is 880. The number of nitrogens with zero attached hydrogens (tertiary/aromatic N) is 1. The van der Waals surface area contributed by atoms with Crippen LogP contribution in [0.4, 0.5) is 13.2 Å². The van der Waals surface area contributed by atoms with Gasteiger partial charge >= 0.3 is 6.18 Å². The SMILES string of the molecule is Cc1cc2cc(CNC(=O)c3cc(CC(F)(F)F)no3)ccc2[nH]1. The van der Waals surface area contributed by atoms with Crippen LogP contribution in [0.1, 0.15) is 27.5 Å². The number of hydrogen-bond donors (Lipinski definition) is 2. The van der Waals surface area contributed by atoms with Gasteiger partial charge in [-0.15, -0.1) is 0 Å². The van der Waals surface area contributed by atoms with Crippen molar-refractivity contribution in [3.05, 3.63) is 53.0 Å². The quantitative estimate of drug-likeness (QED) is 0.765. The Hall–Kier alpha value is -2.77. The minimum Gasteiger partial charge on any atom is -0.359 e. The van der Waals surface area contributed by atoms with Gasteiger partial charge in [0.05, 0.1) is 12.1 Å². The van der Waals surface area contributed by atoms with Crippen LogP contribution in [0.15, 0.2) is 34.9 Å². The van der Waals surface area contributed by atoms with E-state index in [0.29, 0.717) is 0 Å². The van der Waals surface area contributed by atoms with Gasteiger partial charge in [0, 0.05) is 23.8 Å². The molecule has 0 fully saturated rings. The largest absolute Gasteiger partial charge is 0.394 e. The van der Waals surface area contributed by atoms with Crippen molar-refractivity contribution in [2.45, 2.75) is 26.1 Å². The molecule has 0 saturated heterocycles. The monoisotopic (exact) mass is 337 g/mol. The zero-order chi connectivity index (χ0) is 17.3. The molecule has 2 aromatic heterocycles. The molecule has 1 amide bonds. The molecule has 0 unspecified atom stereocenters. The van der Waals surface area contributed by atoms with E-state index >= 15 is 0 Å².